The van der Waals surface area contributed by atoms with E-state index in [1.807, 2.05) is 24.4 Å². The minimum atomic E-state index is -0.352. The molecule has 27 heavy (non-hydrogen) atoms. The van der Waals surface area contributed by atoms with Crippen LogP contribution in [0.2, 0.25) is 10.0 Å². The Hall–Kier alpha value is -2.50. The molecule has 138 valence electrons. The standard InChI is InChI=1S/C20H16Cl2FN3O/c21-13-3-8-16(17(22)12-13)19-18-2-1-9-25(18)10-11-26(19)20(27)24-15-6-4-14(23)5-7-15/h1-9,12,19H,10-11H2,(H,24,27). The summed E-state index contributed by atoms with van der Waals surface area (Å²) in [5, 5.41) is 3.88. The average molecular weight is 404 g/mol. The molecule has 0 bridgehead atoms. The van der Waals surface area contributed by atoms with Crippen LogP contribution in [0.5, 0.6) is 0 Å². The van der Waals surface area contributed by atoms with Crippen LogP contribution in [0.4, 0.5) is 14.9 Å². The molecule has 0 saturated heterocycles. The van der Waals surface area contributed by atoms with Gasteiger partial charge in [0.15, 0.2) is 0 Å². The van der Waals surface area contributed by atoms with E-state index in [2.05, 4.69) is 9.88 Å². The predicted molar refractivity (Wildman–Crippen MR) is 105 cm³/mol. The highest BCUT2D eigenvalue weighted by Gasteiger charge is 2.33. The first kappa shape index (κ1) is 17.9. The zero-order valence-electron chi connectivity index (χ0n) is 14.2. The second kappa shape index (κ2) is 7.25. The fraction of sp³-hybridized carbons (Fsp3) is 0.150. The van der Waals surface area contributed by atoms with Gasteiger partial charge in [-0.25, -0.2) is 9.18 Å². The van der Waals surface area contributed by atoms with Crippen LogP contribution in [0.3, 0.4) is 0 Å². The molecule has 1 unspecified atom stereocenters. The summed E-state index contributed by atoms with van der Waals surface area (Å²) in [7, 11) is 0. The summed E-state index contributed by atoms with van der Waals surface area (Å²) in [5.41, 5.74) is 2.30. The summed E-state index contributed by atoms with van der Waals surface area (Å²) in [6.07, 6.45) is 1.99. The molecule has 2 amide bonds. The molecule has 1 aliphatic heterocycles. The molecular formula is C20H16Cl2FN3O. The molecule has 2 heterocycles. The number of carbonyl (C=O) groups is 1. The van der Waals surface area contributed by atoms with Crippen LogP contribution in [0, 0.1) is 5.82 Å². The van der Waals surface area contributed by atoms with Crippen LogP contribution in [0.1, 0.15) is 17.3 Å². The van der Waals surface area contributed by atoms with E-state index in [0.717, 1.165) is 11.3 Å². The maximum absolute atomic E-state index is 13.1. The van der Waals surface area contributed by atoms with Crippen molar-refractivity contribution >= 4 is 34.9 Å². The lowest BCUT2D eigenvalue weighted by molar-refractivity contribution is 0.182. The SMILES string of the molecule is O=C(Nc1ccc(F)cc1)N1CCn2cccc2C1c1ccc(Cl)cc1Cl. The molecule has 1 aliphatic rings. The third kappa shape index (κ3) is 3.53. The number of hydrogen-bond donors (Lipinski definition) is 1. The lowest BCUT2D eigenvalue weighted by Gasteiger charge is -2.37. The third-order valence-corrected chi connectivity index (χ3v) is 5.21. The van der Waals surface area contributed by atoms with Crippen molar-refractivity contribution in [2.75, 3.05) is 11.9 Å². The fourth-order valence-corrected chi connectivity index (χ4v) is 3.89. The summed E-state index contributed by atoms with van der Waals surface area (Å²) in [6, 6.07) is 14.3. The number of nitrogens with zero attached hydrogens (tertiary/aromatic N) is 2. The molecule has 1 N–H and O–H groups in total. The molecule has 0 saturated carbocycles. The number of amides is 2. The van der Waals surface area contributed by atoms with E-state index in [1.54, 1.807) is 17.0 Å². The Kier molecular flexibility index (Phi) is 4.81. The normalized spacial score (nSPS) is 16.1. The highest BCUT2D eigenvalue weighted by atomic mass is 35.5. The van der Waals surface area contributed by atoms with Crippen molar-refractivity contribution in [1.82, 2.24) is 9.47 Å². The molecule has 4 rings (SSSR count). The third-order valence-electron chi connectivity index (χ3n) is 4.65. The van der Waals surface area contributed by atoms with Gasteiger partial charge in [-0.1, -0.05) is 29.3 Å². The lowest BCUT2D eigenvalue weighted by Crippen LogP contribution is -2.44. The number of hydrogen-bond acceptors (Lipinski definition) is 1. The zero-order valence-corrected chi connectivity index (χ0v) is 15.7. The molecule has 4 nitrogen and oxygen atoms in total. The van der Waals surface area contributed by atoms with E-state index in [4.69, 9.17) is 23.2 Å². The minimum Gasteiger partial charge on any atom is -0.348 e. The maximum atomic E-state index is 13.1. The van der Waals surface area contributed by atoms with Crippen molar-refractivity contribution in [3.05, 3.63) is 87.9 Å². The predicted octanol–water partition coefficient (Wildman–Crippen LogP) is 5.57. The Morgan fingerprint density at radius 2 is 1.85 bits per heavy atom. The van der Waals surface area contributed by atoms with Gasteiger partial charge in [0.25, 0.3) is 0 Å². The summed E-state index contributed by atoms with van der Waals surface area (Å²) < 4.78 is 15.2. The first-order valence-electron chi connectivity index (χ1n) is 8.46. The smallest absolute Gasteiger partial charge is 0.322 e. The van der Waals surface area contributed by atoms with Crippen LogP contribution in [0.15, 0.2) is 60.8 Å². The lowest BCUT2D eigenvalue weighted by atomic mass is 10.00. The average Bonchev–Trinajstić information content (AvgIpc) is 3.12. The number of carbonyl (C=O) groups excluding carboxylic acids is 1. The fourth-order valence-electron chi connectivity index (χ4n) is 3.38. The first-order valence-corrected chi connectivity index (χ1v) is 9.22. The van der Waals surface area contributed by atoms with E-state index in [0.29, 0.717) is 28.8 Å². The summed E-state index contributed by atoms with van der Waals surface area (Å²) >= 11 is 12.5. The van der Waals surface area contributed by atoms with E-state index in [1.165, 1.54) is 24.3 Å². The summed E-state index contributed by atoms with van der Waals surface area (Å²) in [6.45, 7) is 1.19. The van der Waals surface area contributed by atoms with Crippen molar-refractivity contribution in [2.45, 2.75) is 12.6 Å². The number of halogens is 3. The van der Waals surface area contributed by atoms with Gasteiger partial charge in [-0.05, 0) is 54.1 Å². The summed E-state index contributed by atoms with van der Waals surface area (Å²) in [5.74, 6) is -0.352. The highest BCUT2D eigenvalue weighted by molar-refractivity contribution is 6.35. The van der Waals surface area contributed by atoms with Crippen LogP contribution >= 0.6 is 23.2 Å². The Labute approximate surface area is 166 Å². The van der Waals surface area contributed by atoms with Gasteiger partial charge in [0.05, 0.1) is 0 Å². The quantitative estimate of drug-likeness (QED) is 0.596. The van der Waals surface area contributed by atoms with Crippen molar-refractivity contribution in [1.29, 1.82) is 0 Å². The Bertz CT molecular complexity index is 987. The van der Waals surface area contributed by atoms with E-state index >= 15 is 0 Å². The van der Waals surface area contributed by atoms with Gasteiger partial charge in [0, 0.05) is 40.7 Å². The largest absolute Gasteiger partial charge is 0.348 e. The van der Waals surface area contributed by atoms with E-state index in [-0.39, 0.29) is 17.9 Å². The minimum absolute atomic E-state index is 0.273. The van der Waals surface area contributed by atoms with Gasteiger partial charge in [-0.2, -0.15) is 0 Å². The van der Waals surface area contributed by atoms with Crippen molar-refractivity contribution < 1.29 is 9.18 Å². The van der Waals surface area contributed by atoms with Crippen molar-refractivity contribution in [3.63, 3.8) is 0 Å². The second-order valence-electron chi connectivity index (χ2n) is 6.33. The van der Waals surface area contributed by atoms with E-state index in [9.17, 15) is 9.18 Å². The van der Waals surface area contributed by atoms with Crippen LogP contribution in [0.25, 0.3) is 0 Å². The van der Waals surface area contributed by atoms with Gasteiger partial charge in [-0.3, -0.25) is 0 Å². The molecule has 0 radical (unpaired) electrons. The highest BCUT2D eigenvalue weighted by Crippen LogP contribution is 2.37. The van der Waals surface area contributed by atoms with Gasteiger partial charge >= 0.3 is 6.03 Å². The molecule has 1 aromatic heterocycles. The Balaban J connectivity index is 1.70. The van der Waals surface area contributed by atoms with Crippen molar-refractivity contribution in [3.8, 4) is 0 Å². The Morgan fingerprint density at radius 1 is 1.07 bits per heavy atom. The zero-order chi connectivity index (χ0) is 19.0. The number of anilines is 1. The van der Waals surface area contributed by atoms with Crippen molar-refractivity contribution in [2.24, 2.45) is 0 Å². The van der Waals surface area contributed by atoms with Gasteiger partial charge in [0.1, 0.15) is 11.9 Å². The van der Waals surface area contributed by atoms with Gasteiger partial charge < -0.3 is 14.8 Å². The monoisotopic (exact) mass is 403 g/mol. The van der Waals surface area contributed by atoms with Gasteiger partial charge in [0.2, 0.25) is 0 Å². The number of nitrogens with one attached hydrogen (secondary N) is 1. The number of rotatable bonds is 2. The molecule has 0 aliphatic carbocycles. The van der Waals surface area contributed by atoms with E-state index < -0.39 is 0 Å². The molecule has 0 fully saturated rings. The topological polar surface area (TPSA) is 37.3 Å². The Morgan fingerprint density at radius 3 is 2.59 bits per heavy atom. The maximum Gasteiger partial charge on any atom is 0.322 e. The first-order chi connectivity index (χ1) is 13.0. The number of aromatic nitrogens is 1. The molecule has 0 spiro atoms. The number of urea groups is 1. The van der Waals surface area contributed by atoms with Gasteiger partial charge in [-0.15, -0.1) is 0 Å². The van der Waals surface area contributed by atoms with Crippen LogP contribution in [-0.2, 0) is 6.54 Å². The van der Waals surface area contributed by atoms with Crippen LogP contribution in [-0.4, -0.2) is 22.0 Å². The number of benzene rings is 2. The molecule has 7 heteroatoms. The van der Waals surface area contributed by atoms with Crippen LogP contribution < -0.4 is 5.32 Å². The molecule has 1 atom stereocenters. The molecular weight excluding hydrogens is 388 g/mol. The molecule has 3 aromatic rings. The molecule has 2 aromatic carbocycles. The summed E-state index contributed by atoms with van der Waals surface area (Å²) in [4.78, 5) is 14.7. The number of fused-ring (bicyclic) bond motifs is 1. The second-order valence-corrected chi connectivity index (χ2v) is 7.17.